The summed E-state index contributed by atoms with van der Waals surface area (Å²) < 4.78 is 34.6. The molecule has 1 N–H and O–H groups in total. The smallest absolute Gasteiger partial charge is 0.462 e. The van der Waals surface area contributed by atoms with Gasteiger partial charge in [0.2, 0.25) is 0 Å². The molecule has 0 heterocycles. The number of nitrogens with zero attached hydrogens (tertiary/aromatic N) is 1. The van der Waals surface area contributed by atoms with Crippen molar-refractivity contribution in [3.63, 3.8) is 0 Å². The van der Waals surface area contributed by atoms with E-state index >= 15 is 0 Å². The lowest BCUT2D eigenvalue weighted by atomic mass is 10.0. The minimum atomic E-state index is -4.38. The normalized spacial score (nSPS) is 13.2. The SMILES string of the molecule is CCCCCCCCCCCCCCCCCCCCCCCCCCCC(=O)OC(COC(=O)CCCCCCCCCCCCCCCCCCCCCCC)COP(=O)(O)OCC[N+](C)(C)C. The lowest BCUT2D eigenvalue weighted by molar-refractivity contribution is -0.870. The zero-order valence-electron chi connectivity index (χ0n) is 47.5. The van der Waals surface area contributed by atoms with Gasteiger partial charge in [-0.15, -0.1) is 0 Å². The number of likely N-dealkylation sites (N-methyl/N-ethyl adjacent to an activating group) is 1. The summed E-state index contributed by atoms with van der Waals surface area (Å²) in [5.41, 5.74) is 0. The number of carbonyl (C=O) groups is 2. The Bertz CT molecular complexity index is 1150. The van der Waals surface area contributed by atoms with Crippen LogP contribution in [0.15, 0.2) is 0 Å². The van der Waals surface area contributed by atoms with E-state index in [1.54, 1.807) is 0 Å². The van der Waals surface area contributed by atoms with Crippen molar-refractivity contribution in [2.24, 2.45) is 0 Å². The number of hydrogen-bond donors (Lipinski definition) is 1. The second-order valence-electron chi connectivity index (χ2n) is 22.5. The number of unbranched alkanes of at least 4 members (excludes halogenated alkanes) is 44. The van der Waals surface area contributed by atoms with Crippen molar-refractivity contribution in [3.8, 4) is 0 Å². The second-order valence-corrected chi connectivity index (χ2v) is 23.9. The van der Waals surface area contributed by atoms with Gasteiger partial charge in [0.15, 0.2) is 6.10 Å². The minimum Gasteiger partial charge on any atom is -0.462 e. The van der Waals surface area contributed by atoms with E-state index in [9.17, 15) is 19.0 Å². The zero-order valence-corrected chi connectivity index (χ0v) is 48.4. The van der Waals surface area contributed by atoms with Crippen molar-refractivity contribution in [3.05, 3.63) is 0 Å². The van der Waals surface area contributed by atoms with Crippen LogP contribution in [-0.4, -0.2) is 74.9 Å². The highest BCUT2D eigenvalue weighted by atomic mass is 31.2. The molecule has 0 aromatic carbocycles. The van der Waals surface area contributed by atoms with Crippen molar-refractivity contribution in [2.45, 2.75) is 328 Å². The Labute approximate surface area is 435 Å². The molecular weight excluding hydrogens is 894 g/mol. The van der Waals surface area contributed by atoms with Crippen LogP contribution in [0.5, 0.6) is 0 Å². The summed E-state index contributed by atoms with van der Waals surface area (Å²) in [7, 11) is 1.50. The Morgan fingerprint density at radius 3 is 0.914 bits per heavy atom. The van der Waals surface area contributed by atoms with E-state index in [-0.39, 0.29) is 25.6 Å². The number of phosphoric acid groups is 1. The van der Waals surface area contributed by atoms with Crippen LogP contribution >= 0.6 is 7.82 Å². The van der Waals surface area contributed by atoms with Crippen LogP contribution in [-0.2, 0) is 32.7 Å². The molecule has 418 valence electrons. The van der Waals surface area contributed by atoms with Gasteiger partial charge in [-0.1, -0.05) is 296 Å². The first kappa shape index (κ1) is 69.0. The Morgan fingerprint density at radius 1 is 0.386 bits per heavy atom. The molecule has 0 saturated heterocycles. The van der Waals surface area contributed by atoms with Crippen LogP contribution in [0.1, 0.15) is 322 Å². The van der Waals surface area contributed by atoms with Gasteiger partial charge in [0.25, 0.3) is 0 Å². The van der Waals surface area contributed by atoms with E-state index in [1.807, 2.05) is 21.1 Å². The van der Waals surface area contributed by atoms with Gasteiger partial charge in [0, 0.05) is 12.8 Å². The molecule has 2 unspecified atom stereocenters. The highest BCUT2D eigenvalue weighted by Gasteiger charge is 2.27. The molecule has 0 aliphatic carbocycles. The van der Waals surface area contributed by atoms with Gasteiger partial charge in [0.1, 0.15) is 19.8 Å². The van der Waals surface area contributed by atoms with Crippen molar-refractivity contribution in [1.29, 1.82) is 0 Å². The summed E-state index contributed by atoms with van der Waals surface area (Å²) in [4.78, 5) is 35.7. The number of hydrogen-bond acceptors (Lipinski definition) is 7. The molecule has 0 aliphatic heterocycles. The topological polar surface area (TPSA) is 108 Å². The standard InChI is InChI=1S/C60H120NO8P/c1-6-8-10-12-14-16-18-20-22-24-26-28-29-30-31-33-35-37-39-41-43-45-47-49-51-53-60(63)69-58(57-68-70(64,65)67-55-54-61(3,4)5)56-66-59(62)52-50-48-46-44-42-40-38-36-34-32-27-25-23-21-19-17-15-13-11-9-7-2/h58H,6-57H2,1-5H3/p+1. The van der Waals surface area contributed by atoms with Gasteiger partial charge in [-0.2, -0.15) is 0 Å². The maximum atomic E-state index is 12.8. The maximum Gasteiger partial charge on any atom is 0.472 e. The van der Waals surface area contributed by atoms with Crippen molar-refractivity contribution < 1.29 is 42.1 Å². The van der Waals surface area contributed by atoms with Gasteiger partial charge < -0.3 is 18.9 Å². The molecule has 0 amide bonds. The summed E-state index contributed by atoms with van der Waals surface area (Å²) in [6.45, 7) is 4.52. The first-order valence-corrected chi connectivity index (χ1v) is 32.3. The molecule has 0 aromatic heterocycles. The number of esters is 2. The molecule has 0 rings (SSSR count). The molecule has 2 atom stereocenters. The van der Waals surface area contributed by atoms with Gasteiger partial charge in [-0.3, -0.25) is 18.6 Å². The Morgan fingerprint density at radius 2 is 0.643 bits per heavy atom. The number of rotatable bonds is 58. The molecule has 0 aromatic rings. The molecule has 10 heteroatoms. The fourth-order valence-corrected chi connectivity index (χ4v) is 10.1. The summed E-state index contributed by atoms with van der Waals surface area (Å²) in [6.07, 6.45) is 60.4. The third kappa shape index (κ3) is 56.3. The Balaban J connectivity index is 4.06. The molecule has 0 spiro atoms. The van der Waals surface area contributed by atoms with Crippen molar-refractivity contribution in [1.82, 2.24) is 0 Å². The maximum absolute atomic E-state index is 12.8. The molecule has 0 radical (unpaired) electrons. The highest BCUT2D eigenvalue weighted by molar-refractivity contribution is 7.47. The molecule has 0 saturated carbocycles. The molecule has 0 fully saturated rings. The van der Waals surface area contributed by atoms with Gasteiger partial charge in [0.05, 0.1) is 27.7 Å². The summed E-state index contributed by atoms with van der Waals surface area (Å²) in [5, 5.41) is 0. The summed E-state index contributed by atoms with van der Waals surface area (Å²) in [6, 6.07) is 0. The van der Waals surface area contributed by atoms with Crippen LogP contribution in [0.3, 0.4) is 0 Å². The van der Waals surface area contributed by atoms with Gasteiger partial charge in [-0.25, -0.2) is 4.57 Å². The minimum absolute atomic E-state index is 0.0375. The number of quaternary nitrogens is 1. The third-order valence-electron chi connectivity index (χ3n) is 14.1. The number of phosphoric ester groups is 1. The summed E-state index contributed by atoms with van der Waals surface area (Å²) in [5.74, 6) is -0.771. The van der Waals surface area contributed by atoms with Crippen molar-refractivity contribution in [2.75, 3.05) is 47.5 Å². The van der Waals surface area contributed by atoms with E-state index in [2.05, 4.69) is 13.8 Å². The Kier molecular flexibility index (Phi) is 52.1. The second kappa shape index (κ2) is 52.9. The first-order valence-electron chi connectivity index (χ1n) is 30.8. The van der Waals surface area contributed by atoms with Gasteiger partial charge >= 0.3 is 19.8 Å². The predicted octanol–water partition coefficient (Wildman–Crippen LogP) is 19.0. The molecule has 0 aliphatic rings. The van der Waals surface area contributed by atoms with Crippen LogP contribution in [0, 0.1) is 0 Å². The van der Waals surface area contributed by atoms with Gasteiger partial charge in [-0.05, 0) is 12.8 Å². The summed E-state index contributed by atoms with van der Waals surface area (Å²) >= 11 is 0. The monoisotopic (exact) mass is 1010 g/mol. The largest absolute Gasteiger partial charge is 0.472 e. The van der Waals surface area contributed by atoms with E-state index in [4.69, 9.17) is 18.5 Å². The first-order chi connectivity index (χ1) is 34.0. The lowest BCUT2D eigenvalue weighted by Gasteiger charge is -2.24. The molecular formula is C60H121NO8P+. The average Bonchev–Trinajstić information content (AvgIpc) is 3.32. The lowest BCUT2D eigenvalue weighted by Crippen LogP contribution is -2.37. The fourth-order valence-electron chi connectivity index (χ4n) is 9.37. The van der Waals surface area contributed by atoms with Crippen LogP contribution in [0.2, 0.25) is 0 Å². The quantitative estimate of drug-likeness (QED) is 0.0278. The third-order valence-corrected chi connectivity index (χ3v) is 15.1. The van der Waals surface area contributed by atoms with E-state index < -0.39 is 26.5 Å². The number of ether oxygens (including phenoxy) is 2. The van der Waals surface area contributed by atoms with E-state index in [1.165, 1.54) is 257 Å². The molecule has 70 heavy (non-hydrogen) atoms. The van der Waals surface area contributed by atoms with Crippen molar-refractivity contribution >= 4 is 19.8 Å². The Hall–Kier alpha value is -0.990. The van der Waals surface area contributed by atoms with E-state index in [0.717, 1.165) is 38.5 Å². The molecule has 9 nitrogen and oxygen atoms in total. The highest BCUT2D eigenvalue weighted by Crippen LogP contribution is 2.43. The van der Waals surface area contributed by atoms with E-state index in [0.29, 0.717) is 17.4 Å². The molecule has 0 bridgehead atoms. The van der Waals surface area contributed by atoms with Crippen LogP contribution < -0.4 is 0 Å². The average molecular weight is 1020 g/mol. The number of carbonyl (C=O) groups excluding carboxylic acids is 2. The fraction of sp³-hybridized carbons (Fsp3) is 0.967. The van der Waals surface area contributed by atoms with Crippen LogP contribution in [0.4, 0.5) is 0 Å². The zero-order chi connectivity index (χ0) is 51.3. The predicted molar refractivity (Wildman–Crippen MR) is 298 cm³/mol. The van der Waals surface area contributed by atoms with Crippen LogP contribution in [0.25, 0.3) is 0 Å².